The van der Waals surface area contributed by atoms with Crippen molar-refractivity contribution in [1.82, 2.24) is 29.5 Å². The normalized spacial score (nSPS) is 11.1. The number of amides is 1. The van der Waals surface area contributed by atoms with Gasteiger partial charge in [0.25, 0.3) is 5.91 Å². The van der Waals surface area contributed by atoms with E-state index in [9.17, 15) is 4.79 Å². The van der Waals surface area contributed by atoms with Gasteiger partial charge in [-0.1, -0.05) is 41.9 Å². The largest absolute Gasteiger partial charge is 0.289 e. The van der Waals surface area contributed by atoms with E-state index < -0.39 is 0 Å². The summed E-state index contributed by atoms with van der Waals surface area (Å²) in [6.45, 7) is 0.517. The predicted octanol–water partition coefficient (Wildman–Crippen LogP) is 4.18. The standard InChI is InChI=1S/C23H18ClN7O/c1-30-13-16(11-26-30)21-10-19(18-4-2-3-5-20(18)27-21)22(32)28-23-25-14-31(29-23)12-15-6-8-17(24)9-7-15/h2-11,13-14H,12H2,1H3,(H,28,29,32). The Morgan fingerprint density at radius 1 is 1.12 bits per heavy atom. The van der Waals surface area contributed by atoms with Crippen molar-refractivity contribution in [2.24, 2.45) is 7.05 Å². The van der Waals surface area contributed by atoms with E-state index in [4.69, 9.17) is 11.6 Å². The molecule has 0 bridgehead atoms. The number of hydrogen-bond acceptors (Lipinski definition) is 5. The summed E-state index contributed by atoms with van der Waals surface area (Å²) in [5.41, 5.74) is 3.74. The van der Waals surface area contributed by atoms with Crippen LogP contribution in [0.2, 0.25) is 5.02 Å². The second-order valence-electron chi connectivity index (χ2n) is 7.32. The van der Waals surface area contributed by atoms with Gasteiger partial charge in [-0.2, -0.15) is 5.10 Å². The Bertz CT molecular complexity index is 1420. The molecular formula is C23H18ClN7O. The number of halogens is 1. The first kappa shape index (κ1) is 19.9. The number of aryl methyl sites for hydroxylation is 1. The maximum atomic E-state index is 13.2. The van der Waals surface area contributed by atoms with Crippen LogP contribution in [-0.4, -0.2) is 35.4 Å². The van der Waals surface area contributed by atoms with Crippen LogP contribution in [0.4, 0.5) is 5.95 Å². The summed E-state index contributed by atoms with van der Waals surface area (Å²) in [4.78, 5) is 22.1. The SMILES string of the molecule is Cn1cc(-c2cc(C(=O)Nc3ncn(Cc4ccc(Cl)cc4)n3)c3ccccc3n2)cn1. The van der Waals surface area contributed by atoms with Crippen LogP contribution in [0, 0.1) is 0 Å². The number of anilines is 1. The number of para-hydroxylation sites is 1. The van der Waals surface area contributed by atoms with E-state index in [1.807, 2.05) is 61.8 Å². The van der Waals surface area contributed by atoms with Crippen LogP contribution in [0.25, 0.3) is 22.2 Å². The van der Waals surface area contributed by atoms with E-state index in [0.717, 1.165) is 22.0 Å². The Morgan fingerprint density at radius 2 is 1.94 bits per heavy atom. The zero-order chi connectivity index (χ0) is 22.1. The quantitative estimate of drug-likeness (QED) is 0.440. The Labute approximate surface area is 188 Å². The van der Waals surface area contributed by atoms with Gasteiger partial charge in [0.15, 0.2) is 0 Å². The minimum absolute atomic E-state index is 0.229. The summed E-state index contributed by atoms with van der Waals surface area (Å²) in [7, 11) is 1.84. The molecule has 0 atom stereocenters. The number of aromatic nitrogens is 6. The molecule has 2 aromatic carbocycles. The number of hydrogen-bond donors (Lipinski definition) is 1. The lowest BCUT2D eigenvalue weighted by molar-refractivity contribution is 0.102. The highest BCUT2D eigenvalue weighted by atomic mass is 35.5. The lowest BCUT2D eigenvalue weighted by Crippen LogP contribution is -2.14. The minimum atomic E-state index is -0.307. The summed E-state index contributed by atoms with van der Waals surface area (Å²) in [5, 5.41) is 12.8. The van der Waals surface area contributed by atoms with Crippen LogP contribution in [0.15, 0.2) is 73.3 Å². The molecular weight excluding hydrogens is 426 g/mol. The topological polar surface area (TPSA) is 90.5 Å². The molecule has 3 heterocycles. The van der Waals surface area contributed by atoms with Gasteiger partial charge in [0.05, 0.1) is 29.5 Å². The zero-order valence-corrected chi connectivity index (χ0v) is 17.9. The van der Waals surface area contributed by atoms with E-state index >= 15 is 0 Å². The number of carbonyl (C=O) groups is 1. The number of carbonyl (C=O) groups excluding carboxylic acids is 1. The molecule has 9 heteroatoms. The highest BCUT2D eigenvalue weighted by molar-refractivity contribution is 6.30. The zero-order valence-electron chi connectivity index (χ0n) is 17.1. The van der Waals surface area contributed by atoms with Crippen LogP contribution in [0.3, 0.4) is 0 Å². The van der Waals surface area contributed by atoms with Gasteiger partial charge in [0.2, 0.25) is 5.95 Å². The number of nitrogens with zero attached hydrogens (tertiary/aromatic N) is 6. The van der Waals surface area contributed by atoms with Gasteiger partial charge >= 0.3 is 0 Å². The van der Waals surface area contributed by atoms with Crippen molar-refractivity contribution in [3.8, 4) is 11.3 Å². The highest BCUT2D eigenvalue weighted by Gasteiger charge is 2.16. The van der Waals surface area contributed by atoms with Crippen molar-refractivity contribution in [1.29, 1.82) is 0 Å². The summed E-state index contributed by atoms with van der Waals surface area (Å²) in [5.74, 6) is -0.0780. The number of fused-ring (bicyclic) bond motifs is 1. The van der Waals surface area contributed by atoms with Gasteiger partial charge in [-0.05, 0) is 29.8 Å². The Hall–Kier alpha value is -4.04. The molecule has 5 aromatic rings. The third kappa shape index (κ3) is 4.08. The second-order valence-corrected chi connectivity index (χ2v) is 7.76. The van der Waals surface area contributed by atoms with Crippen molar-refractivity contribution in [2.45, 2.75) is 6.54 Å². The summed E-state index contributed by atoms with van der Waals surface area (Å²) in [6, 6.07) is 16.8. The van der Waals surface area contributed by atoms with Crippen LogP contribution in [0.5, 0.6) is 0 Å². The molecule has 0 saturated carbocycles. The molecule has 3 aromatic heterocycles. The molecule has 158 valence electrons. The molecule has 5 rings (SSSR count). The lowest BCUT2D eigenvalue weighted by atomic mass is 10.1. The van der Waals surface area contributed by atoms with E-state index in [2.05, 4.69) is 25.5 Å². The predicted molar refractivity (Wildman–Crippen MR) is 122 cm³/mol. The molecule has 32 heavy (non-hydrogen) atoms. The van der Waals surface area contributed by atoms with Gasteiger partial charge in [0, 0.05) is 29.2 Å². The molecule has 0 aliphatic heterocycles. The molecule has 0 aliphatic rings. The van der Waals surface area contributed by atoms with Crippen LogP contribution < -0.4 is 5.32 Å². The van der Waals surface area contributed by atoms with E-state index in [1.165, 1.54) is 0 Å². The smallest absolute Gasteiger partial charge is 0.258 e. The molecule has 1 N–H and O–H groups in total. The fourth-order valence-electron chi connectivity index (χ4n) is 3.44. The molecule has 0 saturated heterocycles. The third-order valence-corrected chi connectivity index (χ3v) is 5.23. The average Bonchev–Trinajstić information content (AvgIpc) is 3.43. The number of nitrogens with one attached hydrogen (secondary N) is 1. The molecule has 8 nitrogen and oxygen atoms in total. The van der Waals surface area contributed by atoms with Gasteiger partial charge in [-0.3, -0.25) is 14.8 Å². The van der Waals surface area contributed by atoms with Gasteiger partial charge in [0.1, 0.15) is 6.33 Å². The first-order valence-electron chi connectivity index (χ1n) is 9.89. The second kappa shape index (κ2) is 8.24. The number of pyridine rings is 1. The monoisotopic (exact) mass is 443 g/mol. The highest BCUT2D eigenvalue weighted by Crippen LogP contribution is 2.25. The molecule has 0 unspecified atom stereocenters. The number of benzene rings is 2. The molecule has 0 aliphatic carbocycles. The summed E-state index contributed by atoms with van der Waals surface area (Å²) in [6.07, 6.45) is 5.16. The molecule has 0 radical (unpaired) electrons. The first-order valence-corrected chi connectivity index (χ1v) is 10.3. The van der Waals surface area contributed by atoms with Crippen LogP contribution in [-0.2, 0) is 13.6 Å². The minimum Gasteiger partial charge on any atom is -0.289 e. The summed E-state index contributed by atoms with van der Waals surface area (Å²) < 4.78 is 3.35. The van der Waals surface area contributed by atoms with E-state index in [0.29, 0.717) is 22.8 Å². The van der Waals surface area contributed by atoms with E-state index in [1.54, 1.807) is 28.0 Å². The van der Waals surface area contributed by atoms with Gasteiger partial charge in [-0.15, -0.1) is 5.10 Å². The Morgan fingerprint density at radius 3 is 2.72 bits per heavy atom. The van der Waals surface area contributed by atoms with Crippen LogP contribution in [0.1, 0.15) is 15.9 Å². The van der Waals surface area contributed by atoms with Crippen molar-refractivity contribution in [2.75, 3.05) is 5.32 Å². The molecule has 1 amide bonds. The maximum Gasteiger partial charge on any atom is 0.258 e. The fourth-order valence-corrected chi connectivity index (χ4v) is 3.56. The van der Waals surface area contributed by atoms with Crippen molar-refractivity contribution >= 4 is 34.4 Å². The van der Waals surface area contributed by atoms with Gasteiger partial charge in [-0.25, -0.2) is 14.6 Å². The maximum absolute atomic E-state index is 13.2. The fraction of sp³-hybridized carbons (Fsp3) is 0.0870. The van der Waals surface area contributed by atoms with Crippen LogP contribution >= 0.6 is 11.6 Å². The van der Waals surface area contributed by atoms with E-state index in [-0.39, 0.29) is 11.9 Å². The average molecular weight is 444 g/mol. The third-order valence-electron chi connectivity index (χ3n) is 4.98. The lowest BCUT2D eigenvalue weighted by Gasteiger charge is -2.08. The number of rotatable bonds is 5. The van der Waals surface area contributed by atoms with Crippen molar-refractivity contribution < 1.29 is 4.79 Å². The molecule has 0 fully saturated rings. The molecule has 0 spiro atoms. The first-order chi connectivity index (χ1) is 15.5. The Balaban J connectivity index is 1.42. The Kier molecular flexibility index (Phi) is 5.12. The van der Waals surface area contributed by atoms with Crippen molar-refractivity contribution in [3.63, 3.8) is 0 Å². The van der Waals surface area contributed by atoms with Gasteiger partial charge < -0.3 is 0 Å². The van der Waals surface area contributed by atoms with Crippen molar-refractivity contribution in [3.05, 3.63) is 89.5 Å². The summed E-state index contributed by atoms with van der Waals surface area (Å²) >= 11 is 5.94.